The summed E-state index contributed by atoms with van der Waals surface area (Å²) >= 11 is 6.01. The molecular formula is C33H33ClFN5O4. The van der Waals surface area contributed by atoms with Crippen LogP contribution in [0.2, 0.25) is 5.02 Å². The zero-order chi connectivity index (χ0) is 31.1. The van der Waals surface area contributed by atoms with E-state index in [9.17, 15) is 14.0 Å². The Bertz CT molecular complexity index is 1590. The molecule has 0 saturated carbocycles. The van der Waals surface area contributed by atoms with E-state index in [4.69, 9.17) is 21.1 Å². The fourth-order valence-electron chi connectivity index (χ4n) is 5.09. The quantitative estimate of drug-likeness (QED) is 0.251. The van der Waals surface area contributed by atoms with Crippen LogP contribution in [0.1, 0.15) is 22.3 Å². The van der Waals surface area contributed by atoms with Crippen molar-refractivity contribution in [3.63, 3.8) is 0 Å². The highest BCUT2D eigenvalue weighted by Crippen LogP contribution is 2.31. The van der Waals surface area contributed by atoms with Gasteiger partial charge >= 0.3 is 0 Å². The summed E-state index contributed by atoms with van der Waals surface area (Å²) < 4.78 is 24.2. The molecule has 11 heteroatoms. The third kappa shape index (κ3) is 7.44. The lowest BCUT2D eigenvalue weighted by atomic mass is 10.1. The highest BCUT2D eigenvalue weighted by atomic mass is 35.5. The van der Waals surface area contributed by atoms with E-state index >= 15 is 0 Å². The van der Waals surface area contributed by atoms with Gasteiger partial charge in [0.25, 0.3) is 5.91 Å². The van der Waals surface area contributed by atoms with E-state index < -0.39 is 0 Å². The first-order chi connectivity index (χ1) is 21.3. The molecule has 1 saturated heterocycles. The lowest BCUT2D eigenvalue weighted by Gasteiger charge is -2.27. The van der Waals surface area contributed by atoms with Crippen LogP contribution in [-0.2, 0) is 11.3 Å². The molecule has 0 bridgehead atoms. The normalized spacial score (nSPS) is 13.3. The SMILES string of the molecule is COc1ccc(-c2ccc(N3CCCN(C(=O)CN(Cc4ccc(F)cc4)C(=O)c4ccc(Cl)cc4)CC3)nn2)cc1OC. The molecule has 0 atom stereocenters. The minimum absolute atomic E-state index is 0.112. The van der Waals surface area contributed by atoms with Gasteiger partial charge in [0.05, 0.1) is 19.9 Å². The maximum atomic E-state index is 13.5. The van der Waals surface area contributed by atoms with Crippen molar-refractivity contribution in [2.24, 2.45) is 0 Å². The van der Waals surface area contributed by atoms with Gasteiger partial charge in [0, 0.05) is 48.9 Å². The number of amides is 2. The van der Waals surface area contributed by atoms with Crippen LogP contribution >= 0.6 is 11.6 Å². The molecule has 2 amide bonds. The van der Waals surface area contributed by atoms with E-state index in [-0.39, 0.29) is 30.7 Å². The molecule has 1 aliphatic rings. The van der Waals surface area contributed by atoms with Crippen molar-refractivity contribution >= 4 is 29.2 Å². The summed E-state index contributed by atoms with van der Waals surface area (Å²) in [5.41, 5.74) is 2.70. The summed E-state index contributed by atoms with van der Waals surface area (Å²) in [4.78, 5) is 32.3. The van der Waals surface area contributed by atoms with Crippen LogP contribution in [-0.4, -0.2) is 78.8 Å². The molecule has 5 rings (SSSR count). The van der Waals surface area contributed by atoms with Gasteiger partial charge in [-0.15, -0.1) is 10.2 Å². The molecular weight excluding hydrogens is 585 g/mol. The average molecular weight is 618 g/mol. The molecule has 9 nitrogen and oxygen atoms in total. The lowest BCUT2D eigenvalue weighted by molar-refractivity contribution is -0.131. The number of hydrogen-bond acceptors (Lipinski definition) is 7. The number of carbonyl (C=O) groups is 2. The van der Waals surface area contributed by atoms with Gasteiger partial charge in [-0.05, 0) is 78.7 Å². The Kier molecular flexibility index (Phi) is 9.91. The number of nitrogens with zero attached hydrogens (tertiary/aromatic N) is 5. The minimum Gasteiger partial charge on any atom is -0.493 e. The first-order valence-corrected chi connectivity index (χ1v) is 14.6. The van der Waals surface area contributed by atoms with Gasteiger partial charge in [0.15, 0.2) is 17.3 Å². The number of benzene rings is 3. The van der Waals surface area contributed by atoms with E-state index in [0.29, 0.717) is 54.0 Å². The summed E-state index contributed by atoms with van der Waals surface area (Å²) in [5.74, 6) is 1.14. The van der Waals surface area contributed by atoms with Crippen LogP contribution < -0.4 is 14.4 Å². The topological polar surface area (TPSA) is 88.1 Å². The molecule has 0 radical (unpaired) electrons. The van der Waals surface area contributed by atoms with Gasteiger partial charge in [-0.2, -0.15) is 0 Å². The van der Waals surface area contributed by atoms with Crippen molar-refractivity contribution < 1.29 is 23.5 Å². The molecule has 3 aromatic carbocycles. The fraction of sp³-hybridized carbons (Fsp3) is 0.273. The summed E-state index contributed by atoms with van der Waals surface area (Å²) in [6, 6.07) is 21.9. The molecule has 1 aromatic heterocycles. The second-order valence-corrected chi connectivity index (χ2v) is 10.8. The van der Waals surface area contributed by atoms with Crippen molar-refractivity contribution in [3.8, 4) is 22.8 Å². The number of aromatic nitrogens is 2. The number of methoxy groups -OCH3 is 2. The first-order valence-electron chi connectivity index (χ1n) is 14.2. The number of rotatable bonds is 9. The predicted octanol–water partition coefficient (Wildman–Crippen LogP) is 5.33. The Morgan fingerprint density at radius 1 is 0.864 bits per heavy atom. The molecule has 2 heterocycles. The average Bonchev–Trinajstić information content (AvgIpc) is 3.32. The van der Waals surface area contributed by atoms with E-state index in [1.165, 1.54) is 17.0 Å². The van der Waals surface area contributed by atoms with Crippen LogP contribution in [0.4, 0.5) is 10.2 Å². The number of carbonyl (C=O) groups excluding carboxylic acids is 2. The van der Waals surface area contributed by atoms with Gasteiger partial charge in [-0.25, -0.2) is 4.39 Å². The molecule has 44 heavy (non-hydrogen) atoms. The van der Waals surface area contributed by atoms with Crippen LogP contribution in [0.25, 0.3) is 11.3 Å². The van der Waals surface area contributed by atoms with Crippen molar-refractivity contribution in [1.29, 1.82) is 0 Å². The standard InChI is InChI=1S/C33H33ClFN5O4/c1-43-29-14-8-25(20-30(29)44-2)28-13-15-31(37-36-28)38-16-3-17-39(19-18-38)32(41)22-40(21-23-4-11-27(35)12-5-23)33(42)24-6-9-26(34)10-7-24/h4-15,20H,3,16-19,21-22H2,1-2H3. The minimum atomic E-state index is -0.366. The summed E-state index contributed by atoms with van der Waals surface area (Å²) in [5, 5.41) is 9.41. The largest absolute Gasteiger partial charge is 0.493 e. The number of halogens is 2. The molecule has 228 valence electrons. The van der Waals surface area contributed by atoms with Crippen molar-refractivity contribution in [2.75, 3.05) is 51.8 Å². The monoisotopic (exact) mass is 617 g/mol. The third-order valence-electron chi connectivity index (χ3n) is 7.49. The van der Waals surface area contributed by atoms with Crippen LogP contribution in [0.3, 0.4) is 0 Å². The maximum Gasteiger partial charge on any atom is 0.254 e. The second-order valence-electron chi connectivity index (χ2n) is 10.4. The Morgan fingerprint density at radius 3 is 2.30 bits per heavy atom. The molecule has 0 aliphatic carbocycles. The molecule has 4 aromatic rings. The molecule has 0 unspecified atom stereocenters. The van der Waals surface area contributed by atoms with Crippen LogP contribution in [0, 0.1) is 5.82 Å². The Balaban J connectivity index is 1.25. The van der Waals surface area contributed by atoms with Crippen LogP contribution in [0.15, 0.2) is 78.9 Å². The zero-order valence-corrected chi connectivity index (χ0v) is 25.3. The summed E-state index contributed by atoms with van der Waals surface area (Å²) in [7, 11) is 3.18. The number of anilines is 1. The van der Waals surface area contributed by atoms with E-state index in [1.807, 2.05) is 30.3 Å². The predicted molar refractivity (Wildman–Crippen MR) is 167 cm³/mol. The molecule has 0 N–H and O–H groups in total. The first kappa shape index (κ1) is 30.7. The van der Waals surface area contributed by atoms with E-state index in [1.54, 1.807) is 55.5 Å². The highest BCUT2D eigenvalue weighted by Gasteiger charge is 2.25. The highest BCUT2D eigenvalue weighted by molar-refractivity contribution is 6.30. The van der Waals surface area contributed by atoms with Gasteiger partial charge in [-0.3, -0.25) is 9.59 Å². The van der Waals surface area contributed by atoms with Gasteiger partial charge < -0.3 is 24.2 Å². The van der Waals surface area contributed by atoms with Crippen LogP contribution in [0.5, 0.6) is 11.5 Å². The second kappa shape index (κ2) is 14.2. The van der Waals surface area contributed by atoms with Crippen molar-refractivity contribution in [3.05, 3.63) is 101 Å². The maximum absolute atomic E-state index is 13.5. The summed E-state index contributed by atoms with van der Waals surface area (Å²) in [6.45, 7) is 2.34. The Morgan fingerprint density at radius 2 is 1.61 bits per heavy atom. The Hall–Kier alpha value is -4.70. The molecule has 1 fully saturated rings. The summed E-state index contributed by atoms with van der Waals surface area (Å²) in [6.07, 6.45) is 0.730. The fourth-order valence-corrected chi connectivity index (χ4v) is 5.21. The van der Waals surface area contributed by atoms with Gasteiger partial charge in [-0.1, -0.05) is 23.7 Å². The number of ether oxygens (including phenoxy) is 2. The van der Waals surface area contributed by atoms with E-state index in [0.717, 1.165) is 23.4 Å². The van der Waals surface area contributed by atoms with Crippen molar-refractivity contribution in [2.45, 2.75) is 13.0 Å². The zero-order valence-electron chi connectivity index (χ0n) is 24.6. The van der Waals surface area contributed by atoms with Gasteiger partial charge in [0.1, 0.15) is 12.4 Å². The van der Waals surface area contributed by atoms with Crippen molar-refractivity contribution in [1.82, 2.24) is 20.0 Å². The third-order valence-corrected chi connectivity index (χ3v) is 7.75. The number of hydrogen-bond donors (Lipinski definition) is 0. The van der Waals surface area contributed by atoms with Gasteiger partial charge in [0.2, 0.25) is 5.91 Å². The molecule has 1 aliphatic heterocycles. The molecule has 0 spiro atoms. The smallest absolute Gasteiger partial charge is 0.254 e. The van der Waals surface area contributed by atoms with E-state index in [2.05, 4.69) is 15.1 Å². The Labute approximate surface area is 260 Å². The lowest BCUT2D eigenvalue weighted by Crippen LogP contribution is -2.44.